The maximum absolute atomic E-state index is 13.6. The first-order chi connectivity index (χ1) is 20.4. The number of fused-ring (bicyclic) bond motifs is 3. The SMILES string of the molecule is COc1ccc(Cn2ccc3c(NC4[C@@H]5CCC[C@H]4CC(O)C5)c(C(=O)NCc4ccc(F)cc4)cnc32)cc1OC. The van der Waals surface area contributed by atoms with Crippen molar-refractivity contribution < 1.29 is 23.8 Å². The number of aliphatic hydroxyl groups excluding tert-OH is 1. The van der Waals surface area contributed by atoms with E-state index in [4.69, 9.17) is 14.5 Å². The summed E-state index contributed by atoms with van der Waals surface area (Å²) in [6.07, 6.45) is 8.20. The second-order valence-corrected chi connectivity index (χ2v) is 11.5. The number of benzene rings is 2. The Bertz CT molecular complexity index is 1560. The molecular weight excluding hydrogens is 535 g/mol. The van der Waals surface area contributed by atoms with Crippen LogP contribution in [0, 0.1) is 17.7 Å². The van der Waals surface area contributed by atoms with E-state index < -0.39 is 0 Å². The monoisotopic (exact) mass is 572 g/mol. The first-order valence-corrected chi connectivity index (χ1v) is 14.6. The molecule has 0 spiro atoms. The molecule has 2 heterocycles. The van der Waals surface area contributed by atoms with Crippen LogP contribution in [0.25, 0.3) is 11.0 Å². The molecule has 42 heavy (non-hydrogen) atoms. The van der Waals surface area contributed by atoms with Gasteiger partial charge in [-0.25, -0.2) is 9.37 Å². The van der Waals surface area contributed by atoms with Gasteiger partial charge in [-0.1, -0.05) is 24.6 Å². The van der Waals surface area contributed by atoms with Gasteiger partial charge in [0.15, 0.2) is 11.5 Å². The number of hydrogen-bond donors (Lipinski definition) is 3. The average molecular weight is 573 g/mol. The van der Waals surface area contributed by atoms with E-state index in [0.29, 0.717) is 35.4 Å². The maximum Gasteiger partial charge on any atom is 0.255 e. The lowest BCUT2D eigenvalue weighted by Crippen LogP contribution is -2.47. The van der Waals surface area contributed by atoms with E-state index in [9.17, 15) is 14.3 Å². The van der Waals surface area contributed by atoms with Crippen LogP contribution in [0.3, 0.4) is 0 Å². The van der Waals surface area contributed by atoms with Crippen molar-refractivity contribution in [3.05, 3.63) is 83.4 Å². The predicted octanol–water partition coefficient (Wildman–Crippen LogP) is 5.52. The fraction of sp³-hybridized carbons (Fsp3) is 0.394. The Labute approximate surface area is 244 Å². The number of methoxy groups -OCH3 is 2. The number of carbonyl (C=O) groups is 1. The summed E-state index contributed by atoms with van der Waals surface area (Å²) in [7, 11) is 3.23. The quantitative estimate of drug-likeness (QED) is 0.244. The highest BCUT2D eigenvalue weighted by atomic mass is 19.1. The van der Waals surface area contributed by atoms with Gasteiger partial charge in [-0.05, 0) is 79.0 Å². The van der Waals surface area contributed by atoms with Crippen molar-refractivity contribution in [3.8, 4) is 11.5 Å². The minimum absolute atomic E-state index is 0.172. The summed E-state index contributed by atoms with van der Waals surface area (Å²) in [5.74, 6) is 1.46. The van der Waals surface area contributed by atoms with Crippen molar-refractivity contribution in [2.45, 2.75) is 57.3 Å². The van der Waals surface area contributed by atoms with Gasteiger partial charge in [0.1, 0.15) is 11.5 Å². The lowest BCUT2D eigenvalue weighted by Gasteiger charge is -2.45. The van der Waals surface area contributed by atoms with Crippen LogP contribution >= 0.6 is 0 Å². The Hall–Kier alpha value is -4.11. The summed E-state index contributed by atoms with van der Waals surface area (Å²) < 4.78 is 26.3. The highest BCUT2D eigenvalue weighted by Gasteiger charge is 2.40. The number of aliphatic hydroxyl groups is 1. The van der Waals surface area contributed by atoms with E-state index >= 15 is 0 Å². The molecule has 0 radical (unpaired) electrons. The molecule has 6 rings (SSSR count). The number of aromatic nitrogens is 2. The summed E-state index contributed by atoms with van der Waals surface area (Å²) in [4.78, 5) is 18.3. The first kappa shape index (κ1) is 28.0. The van der Waals surface area contributed by atoms with Gasteiger partial charge >= 0.3 is 0 Å². The highest BCUT2D eigenvalue weighted by Crippen LogP contribution is 2.43. The number of anilines is 1. The number of nitrogens with zero attached hydrogens (tertiary/aromatic N) is 2. The number of hydrogen-bond acceptors (Lipinski definition) is 6. The fourth-order valence-electron chi connectivity index (χ4n) is 6.76. The molecule has 1 amide bonds. The summed E-state index contributed by atoms with van der Waals surface area (Å²) in [6.45, 7) is 0.838. The lowest BCUT2D eigenvalue weighted by atomic mass is 9.67. The fourth-order valence-corrected chi connectivity index (χ4v) is 6.76. The summed E-state index contributed by atoms with van der Waals surface area (Å²) in [5, 5.41) is 18.1. The van der Waals surface area contributed by atoms with Crippen LogP contribution in [0.4, 0.5) is 10.1 Å². The topological polar surface area (TPSA) is 97.6 Å². The minimum Gasteiger partial charge on any atom is -0.493 e. The van der Waals surface area contributed by atoms with Gasteiger partial charge < -0.3 is 29.8 Å². The lowest BCUT2D eigenvalue weighted by molar-refractivity contribution is 0.0358. The Morgan fingerprint density at radius 3 is 2.45 bits per heavy atom. The molecular formula is C33H37FN4O4. The average Bonchev–Trinajstić information content (AvgIpc) is 3.40. The highest BCUT2D eigenvalue weighted by molar-refractivity contribution is 6.06. The zero-order chi connectivity index (χ0) is 29.2. The van der Waals surface area contributed by atoms with Gasteiger partial charge in [0.25, 0.3) is 5.91 Å². The van der Waals surface area contributed by atoms with Crippen molar-refractivity contribution in [1.29, 1.82) is 0 Å². The third-order valence-corrected chi connectivity index (χ3v) is 8.83. The molecule has 2 aliphatic carbocycles. The molecule has 2 aliphatic rings. The summed E-state index contributed by atoms with van der Waals surface area (Å²) >= 11 is 0. The van der Waals surface area contributed by atoms with E-state index in [1.807, 2.05) is 30.5 Å². The zero-order valence-electron chi connectivity index (χ0n) is 24.0. The molecule has 2 bridgehead atoms. The number of pyridine rings is 1. The van der Waals surface area contributed by atoms with E-state index in [-0.39, 0.29) is 30.4 Å². The molecule has 4 atom stereocenters. The van der Waals surface area contributed by atoms with Crippen LogP contribution in [-0.4, -0.2) is 46.9 Å². The van der Waals surface area contributed by atoms with Gasteiger partial charge in [-0.3, -0.25) is 4.79 Å². The minimum atomic E-state index is -0.313. The Morgan fingerprint density at radius 2 is 1.74 bits per heavy atom. The van der Waals surface area contributed by atoms with Crippen LogP contribution in [0.15, 0.2) is 60.9 Å². The van der Waals surface area contributed by atoms with Gasteiger partial charge in [-0.2, -0.15) is 0 Å². The predicted molar refractivity (Wildman–Crippen MR) is 159 cm³/mol. The van der Waals surface area contributed by atoms with E-state index in [2.05, 4.69) is 15.2 Å². The number of nitrogens with one attached hydrogen (secondary N) is 2. The van der Waals surface area contributed by atoms with Crippen LogP contribution in [0.2, 0.25) is 0 Å². The van der Waals surface area contributed by atoms with Gasteiger partial charge in [0.05, 0.1) is 31.6 Å². The number of carbonyl (C=O) groups excluding carboxylic acids is 1. The van der Waals surface area contributed by atoms with Crippen molar-refractivity contribution in [2.75, 3.05) is 19.5 Å². The standard InChI is InChI=1S/C33H37FN4O4/c1-41-28-11-8-21(14-29(28)42-2)19-38-13-12-26-31(37-30-22-4-3-5-23(30)16-25(39)15-22)27(18-35-32(26)38)33(40)36-17-20-6-9-24(34)10-7-20/h6-14,18,22-23,25,30,39H,3-5,15-17,19H2,1-2H3,(H,35,37)(H,36,40)/t22-,23+,25?,30?. The van der Waals surface area contributed by atoms with Crippen molar-refractivity contribution >= 4 is 22.6 Å². The Kier molecular flexibility index (Phi) is 8.02. The summed E-state index contributed by atoms with van der Waals surface area (Å²) in [6, 6.07) is 14.1. The summed E-state index contributed by atoms with van der Waals surface area (Å²) in [5.41, 5.74) is 3.84. The number of amides is 1. The third kappa shape index (κ3) is 5.66. The molecule has 4 aromatic rings. The zero-order valence-corrected chi connectivity index (χ0v) is 24.0. The Morgan fingerprint density at radius 1 is 1.02 bits per heavy atom. The van der Waals surface area contributed by atoms with Gasteiger partial charge in [0.2, 0.25) is 0 Å². The molecule has 220 valence electrons. The van der Waals surface area contributed by atoms with Crippen molar-refractivity contribution in [2.24, 2.45) is 11.8 Å². The molecule has 2 aromatic heterocycles. The van der Waals surface area contributed by atoms with Crippen molar-refractivity contribution in [3.63, 3.8) is 0 Å². The number of halogens is 1. The molecule has 8 nitrogen and oxygen atoms in total. The van der Waals surface area contributed by atoms with Crippen LogP contribution in [0.1, 0.15) is 53.6 Å². The molecule has 0 aliphatic heterocycles. The molecule has 2 fully saturated rings. The smallest absolute Gasteiger partial charge is 0.255 e. The number of rotatable bonds is 9. The maximum atomic E-state index is 13.6. The van der Waals surface area contributed by atoms with Crippen molar-refractivity contribution in [1.82, 2.24) is 14.9 Å². The third-order valence-electron chi connectivity index (χ3n) is 8.83. The molecule has 9 heteroatoms. The van der Waals surface area contributed by atoms with E-state index in [1.54, 1.807) is 32.5 Å². The Balaban J connectivity index is 1.34. The van der Waals surface area contributed by atoms with Crippen LogP contribution in [0.5, 0.6) is 11.5 Å². The second kappa shape index (κ2) is 12.0. The van der Waals surface area contributed by atoms with Gasteiger partial charge in [-0.15, -0.1) is 0 Å². The van der Waals surface area contributed by atoms with Crippen LogP contribution < -0.4 is 20.1 Å². The normalized spacial score (nSPS) is 21.6. The largest absolute Gasteiger partial charge is 0.493 e. The second-order valence-electron chi connectivity index (χ2n) is 11.5. The van der Waals surface area contributed by atoms with E-state index in [0.717, 1.165) is 53.5 Å². The number of ether oxygens (including phenoxy) is 2. The molecule has 2 saturated carbocycles. The van der Waals surface area contributed by atoms with Gasteiger partial charge in [0, 0.05) is 36.9 Å². The molecule has 2 aromatic carbocycles. The molecule has 2 unspecified atom stereocenters. The molecule has 0 saturated heterocycles. The molecule has 3 N–H and O–H groups in total. The van der Waals surface area contributed by atoms with Crippen LogP contribution in [-0.2, 0) is 13.1 Å². The first-order valence-electron chi connectivity index (χ1n) is 14.6. The van der Waals surface area contributed by atoms with E-state index in [1.165, 1.54) is 18.6 Å².